The second-order valence-electron chi connectivity index (χ2n) is 12.6. The van der Waals surface area contributed by atoms with Gasteiger partial charge in [0.05, 0.1) is 23.7 Å². The number of nitrogens with one attached hydrogen (secondary N) is 2. The van der Waals surface area contributed by atoms with E-state index < -0.39 is 0 Å². The zero-order chi connectivity index (χ0) is 32.5. The number of piperazine rings is 1. The first-order valence-electron chi connectivity index (χ1n) is 16.0. The molecule has 2 aromatic heterocycles. The monoisotopic (exact) mass is 632 g/mol. The summed E-state index contributed by atoms with van der Waals surface area (Å²) in [6.07, 6.45) is 4.34. The van der Waals surface area contributed by atoms with Gasteiger partial charge in [0.15, 0.2) is 5.82 Å². The molecule has 2 fully saturated rings. The van der Waals surface area contributed by atoms with E-state index in [-0.39, 0.29) is 29.6 Å². The molecule has 2 amide bonds. The molecule has 2 atom stereocenters. The summed E-state index contributed by atoms with van der Waals surface area (Å²) in [5.74, 6) is 0.234. The van der Waals surface area contributed by atoms with Gasteiger partial charge in [-0.3, -0.25) is 19.6 Å². The van der Waals surface area contributed by atoms with E-state index in [4.69, 9.17) is 0 Å². The van der Waals surface area contributed by atoms with Crippen molar-refractivity contribution in [3.8, 4) is 22.6 Å². The molecule has 0 aliphatic carbocycles. The third-order valence-electron chi connectivity index (χ3n) is 9.17. The van der Waals surface area contributed by atoms with Crippen LogP contribution in [0, 0.1) is 18.7 Å². The van der Waals surface area contributed by atoms with Crippen LogP contribution >= 0.6 is 0 Å². The van der Waals surface area contributed by atoms with Crippen LogP contribution in [0.1, 0.15) is 18.9 Å². The van der Waals surface area contributed by atoms with Crippen molar-refractivity contribution >= 4 is 34.1 Å². The predicted octanol–water partition coefficient (Wildman–Crippen LogP) is 5.13. The number of benzene rings is 3. The number of aromatic nitrogens is 4. The number of nitrogens with zero attached hydrogens (tertiary/aromatic N) is 6. The second kappa shape index (κ2) is 12.9. The molecule has 11 heteroatoms. The Morgan fingerprint density at radius 1 is 0.936 bits per heavy atom. The van der Waals surface area contributed by atoms with Gasteiger partial charge in [-0.25, -0.2) is 14.4 Å². The first-order valence-corrected chi connectivity index (χ1v) is 16.0. The average molecular weight is 633 g/mol. The summed E-state index contributed by atoms with van der Waals surface area (Å²) in [4.78, 5) is 41.8. The van der Waals surface area contributed by atoms with E-state index in [0.717, 1.165) is 46.4 Å². The fourth-order valence-corrected chi connectivity index (χ4v) is 6.56. The molecule has 2 aliphatic rings. The van der Waals surface area contributed by atoms with Gasteiger partial charge in [0, 0.05) is 72.5 Å². The molecule has 5 aromatic rings. The van der Waals surface area contributed by atoms with Gasteiger partial charge in [-0.05, 0) is 99.1 Å². The minimum Gasteiger partial charge on any atom is -0.368 e. The van der Waals surface area contributed by atoms with Gasteiger partial charge in [-0.1, -0.05) is 0 Å². The maximum absolute atomic E-state index is 13.4. The molecule has 7 rings (SSSR count). The van der Waals surface area contributed by atoms with Gasteiger partial charge in [0.25, 0.3) is 0 Å². The number of anilines is 2. The highest BCUT2D eigenvalue weighted by atomic mass is 19.1. The zero-order valence-electron chi connectivity index (χ0n) is 26.5. The Morgan fingerprint density at radius 3 is 2.43 bits per heavy atom. The molecule has 47 heavy (non-hydrogen) atoms. The Morgan fingerprint density at radius 2 is 1.68 bits per heavy atom. The minimum atomic E-state index is -0.307. The van der Waals surface area contributed by atoms with Crippen LogP contribution < -0.4 is 10.2 Å². The predicted molar refractivity (Wildman–Crippen MR) is 180 cm³/mol. The third kappa shape index (κ3) is 6.57. The van der Waals surface area contributed by atoms with Gasteiger partial charge in [0.2, 0.25) is 11.8 Å². The molecule has 240 valence electrons. The lowest BCUT2D eigenvalue weighted by Gasteiger charge is -2.41. The Kier molecular flexibility index (Phi) is 8.38. The Hall–Kier alpha value is -5.16. The lowest BCUT2D eigenvalue weighted by atomic mass is 10.1. The van der Waals surface area contributed by atoms with Crippen LogP contribution in [0.3, 0.4) is 0 Å². The van der Waals surface area contributed by atoms with E-state index >= 15 is 0 Å². The fraction of sp³-hybridized carbons (Fsp3) is 0.306. The summed E-state index contributed by atoms with van der Waals surface area (Å²) < 4.78 is 13.4. The smallest absolute Gasteiger partial charge is 0.237 e. The highest BCUT2D eigenvalue weighted by Crippen LogP contribution is 2.30. The highest BCUT2D eigenvalue weighted by Gasteiger charge is 2.33. The topological polar surface area (TPSA) is 110 Å². The zero-order valence-corrected chi connectivity index (χ0v) is 26.5. The number of H-pyrrole nitrogens is 1. The fourth-order valence-electron chi connectivity index (χ4n) is 6.56. The number of rotatable bonds is 7. The van der Waals surface area contributed by atoms with Gasteiger partial charge in [-0.2, -0.15) is 5.10 Å². The van der Waals surface area contributed by atoms with Crippen LogP contribution in [0.4, 0.5) is 15.8 Å². The normalized spacial score (nSPS) is 18.5. The van der Waals surface area contributed by atoms with Crippen LogP contribution in [0.5, 0.6) is 0 Å². The first kappa shape index (κ1) is 30.5. The maximum atomic E-state index is 13.4. The molecule has 4 heterocycles. The maximum Gasteiger partial charge on any atom is 0.237 e. The van der Waals surface area contributed by atoms with Gasteiger partial charge in [0.1, 0.15) is 5.82 Å². The number of fused-ring (bicyclic) bond motifs is 1. The van der Waals surface area contributed by atoms with Crippen LogP contribution in [0.25, 0.3) is 33.5 Å². The number of carbonyl (C=O) groups is 2. The van der Waals surface area contributed by atoms with Crippen molar-refractivity contribution in [2.45, 2.75) is 26.3 Å². The highest BCUT2D eigenvalue weighted by molar-refractivity contribution is 5.99. The molecule has 2 saturated heterocycles. The van der Waals surface area contributed by atoms with Crippen molar-refractivity contribution in [3.05, 3.63) is 90.5 Å². The largest absolute Gasteiger partial charge is 0.368 e. The number of aryl methyl sites for hydroxylation is 1. The Labute approximate surface area is 272 Å². The minimum absolute atomic E-state index is 0.0620. The molecule has 0 spiro atoms. The summed E-state index contributed by atoms with van der Waals surface area (Å²) in [6, 6.07) is 20.1. The van der Waals surface area contributed by atoms with Gasteiger partial charge in [-0.15, -0.1) is 0 Å². The SMILES string of the molecule is Cc1cnc(-c2ccc(N3CCN(C(=O)CN4CCC(C(=O)Nc5ccc6[nH]nc(-c7ccc(F)cc7)c6c5)C4)[C@H](C)C3)cc2)nc1. The van der Waals surface area contributed by atoms with Crippen molar-refractivity contribution in [1.29, 1.82) is 0 Å². The molecular weight excluding hydrogens is 595 g/mol. The second-order valence-corrected chi connectivity index (χ2v) is 12.6. The lowest BCUT2D eigenvalue weighted by molar-refractivity contribution is -0.134. The number of halogens is 1. The number of hydrogen-bond donors (Lipinski definition) is 2. The molecule has 2 aliphatic heterocycles. The van der Waals surface area contributed by atoms with Crippen LogP contribution in [0.15, 0.2) is 79.1 Å². The van der Waals surface area contributed by atoms with E-state index in [1.54, 1.807) is 12.1 Å². The molecule has 1 unspecified atom stereocenters. The molecular formula is C36H37FN8O2. The van der Waals surface area contributed by atoms with Crippen molar-refractivity contribution in [1.82, 2.24) is 30.0 Å². The molecule has 10 nitrogen and oxygen atoms in total. The van der Waals surface area contributed by atoms with E-state index in [9.17, 15) is 14.0 Å². The van der Waals surface area contributed by atoms with Crippen molar-refractivity contribution in [2.24, 2.45) is 5.92 Å². The molecule has 0 saturated carbocycles. The van der Waals surface area contributed by atoms with Crippen molar-refractivity contribution in [3.63, 3.8) is 0 Å². The number of likely N-dealkylation sites (tertiary alicyclic amines) is 1. The van der Waals surface area contributed by atoms with E-state index in [1.165, 1.54) is 12.1 Å². The summed E-state index contributed by atoms with van der Waals surface area (Å²) in [6.45, 7) is 7.77. The summed E-state index contributed by atoms with van der Waals surface area (Å²) in [7, 11) is 0. The van der Waals surface area contributed by atoms with E-state index in [2.05, 4.69) is 54.3 Å². The van der Waals surface area contributed by atoms with Crippen molar-refractivity contribution in [2.75, 3.05) is 49.5 Å². The molecule has 2 N–H and O–H groups in total. The summed E-state index contributed by atoms with van der Waals surface area (Å²) in [5, 5.41) is 11.3. The van der Waals surface area contributed by atoms with Gasteiger partial charge >= 0.3 is 0 Å². The van der Waals surface area contributed by atoms with E-state index in [1.807, 2.05) is 54.5 Å². The average Bonchev–Trinajstić information content (AvgIpc) is 3.73. The standard InChI is InChI=1S/C36H37FN8O2/c1-23-18-38-35(39-19-23)26-5-10-30(11-6-26)44-15-16-45(24(2)20-44)33(46)22-43-14-13-27(21-43)36(47)40-29-9-12-32-31(17-29)34(42-41-32)25-3-7-28(37)8-4-25/h3-12,17-19,24,27H,13-16,20-22H2,1-2H3,(H,40,47)(H,41,42)/t24-,27?/m1/s1. The molecule has 0 radical (unpaired) electrons. The van der Waals surface area contributed by atoms with Gasteiger partial charge < -0.3 is 15.1 Å². The molecule has 0 bridgehead atoms. The number of carbonyl (C=O) groups excluding carboxylic acids is 2. The Bertz CT molecular complexity index is 1890. The van der Waals surface area contributed by atoms with E-state index in [0.29, 0.717) is 49.8 Å². The lowest BCUT2D eigenvalue weighted by Crippen LogP contribution is -2.56. The van der Waals surface area contributed by atoms with Crippen LogP contribution in [-0.2, 0) is 9.59 Å². The third-order valence-corrected chi connectivity index (χ3v) is 9.17. The number of aromatic amines is 1. The number of amides is 2. The summed E-state index contributed by atoms with van der Waals surface area (Å²) >= 11 is 0. The molecule has 3 aromatic carbocycles. The van der Waals surface area contributed by atoms with Crippen LogP contribution in [0.2, 0.25) is 0 Å². The first-order chi connectivity index (χ1) is 22.8. The van der Waals surface area contributed by atoms with Crippen LogP contribution in [-0.4, -0.2) is 87.1 Å². The van der Waals surface area contributed by atoms with Crippen molar-refractivity contribution < 1.29 is 14.0 Å². The summed E-state index contributed by atoms with van der Waals surface area (Å²) in [5.41, 5.74) is 6.11. The quantitative estimate of drug-likeness (QED) is 0.256. The Balaban J connectivity index is 0.913. The number of hydrogen-bond acceptors (Lipinski definition) is 7.